The number of rotatable bonds is 1. The van der Waals surface area contributed by atoms with Crippen LogP contribution in [0.25, 0.3) is 0 Å². The van der Waals surface area contributed by atoms with Gasteiger partial charge in [0, 0.05) is 13.1 Å². The summed E-state index contributed by atoms with van der Waals surface area (Å²) in [5.74, 6) is 0.598. The quantitative estimate of drug-likeness (QED) is 0.610. The molecule has 1 aromatic heterocycles. The van der Waals surface area contributed by atoms with Gasteiger partial charge in [0.25, 0.3) is 5.56 Å². The second-order valence-electron chi connectivity index (χ2n) is 2.90. The molecular weight excluding hydrogens is 170 g/mol. The summed E-state index contributed by atoms with van der Waals surface area (Å²) in [5.41, 5.74) is -0.335. The van der Waals surface area contributed by atoms with Gasteiger partial charge in [-0.05, 0) is 6.42 Å². The van der Waals surface area contributed by atoms with Gasteiger partial charge in [0.15, 0.2) is 6.29 Å². The lowest BCUT2D eigenvalue weighted by atomic mass is 10.2. The van der Waals surface area contributed by atoms with E-state index in [1.165, 1.54) is 6.33 Å². The number of carbonyl (C=O) groups excluding carboxylic acids is 1. The van der Waals surface area contributed by atoms with Crippen LogP contribution in [-0.4, -0.2) is 22.4 Å². The highest BCUT2D eigenvalue weighted by atomic mass is 16.1. The molecule has 1 N–H and O–H groups in total. The molecule has 0 fully saturated rings. The molecule has 13 heavy (non-hydrogen) atoms. The van der Waals surface area contributed by atoms with Gasteiger partial charge >= 0.3 is 0 Å². The normalized spacial score (nSPS) is 14.5. The maximum Gasteiger partial charge on any atom is 0.285 e. The van der Waals surface area contributed by atoms with Crippen molar-refractivity contribution in [2.75, 3.05) is 11.9 Å². The van der Waals surface area contributed by atoms with E-state index in [0.717, 1.165) is 19.5 Å². The number of carbonyl (C=O) groups is 1. The summed E-state index contributed by atoms with van der Waals surface area (Å²) in [4.78, 5) is 25.3. The molecule has 0 spiro atoms. The van der Waals surface area contributed by atoms with E-state index in [2.05, 4.69) is 10.3 Å². The minimum absolute atomic E-state index is 0.127. The largest absolute Gasteiger partial charge is 0.371 e. The van der Waals surface area contributed by atoms with Crippen LogP contribution >= 0.6 is 0 Å². The molecule has 5 nitrogen and oxygen atoms in total. The fourth-order valence-corrected chi connectivity index (χ4v) is 1.43. The lowest BCUT2D eigenvalue weighted by molar-refractivity contribution is 0.112. The van der Waals surface area contributed by atoms with Crippen LogP contribution in [0.5, 0.6) is 0 Å². The summed E-state index contributed by atoms with van der Waals surface area (Å²) in [7, 11) is 0. The molecule has 0 saturated carbocycles. The SMILES string of the molecule is O=Cc1c2n(cnc1=O)CCCN2. The molecule has 1 aliphatic rings. The zero-order valence-electron chi connectivity index (χ0n) is 6.99. The number of aryl methyl sites for hydroxylation is 1. The predicted octanol–water partition coefficient (Wildman–Crippen LogP) is -0.129. The van der Waals surface area contributed by atoms with E-state index in [1.54, 1.807) is 4.57 Å². The highest BCUT2D eigenvalue weighted by molar-refractivity contribution is 5.82. The van der Waals surface area contributed by atoms with E-state index in [9.17, 15) is 9.59 Å². The second kappa shape index (κ2) is 3.01. The van der Waals surface area contributed by atoms with Gasteiger partial charge in [-0.2, -0.15) is 4.98 Å². The number of fused-ring (bicyclic) bond motifs is 1. The smallest absolute Gasteiger partial charge is 0.285 e. The van der Waals surface area contributed by atoms with Gasteiger partial charge in [-0.1, -0.05) is 0 Å². The average Bonchev–Trinajstić information content (AvgIpc) is 2.18. The van der Waals surface area contributed by atoms with E-state index in [0.29, 0.717) is 12.1 Å². The third-order valence-corrected chi connectivity index (χ3v) is 2.07. The molecule has 1 aliphatic heterocycles. The number of anilines is 1. The van der Waals surface area contributed by atoms with Gasteiger partial charge in [-0.15, -0.1) is 0 Å². The maximum atomic E-state index is 11.1. The van der Waals surface area contributed by atoms with Crippen LogP contribution < -0.4 is 10.9 Å². The van der Waals surface area contributed by atoms with E-state index in [-0.39, 0.29) is 5.56 Å². The minimum atomic E-state index is -0.462. The van der Waals surface area contributed by atoms with Crippen molar-refractivity contribution >= 4 is 12.1 Å². The summed E-state index contributed by atoms with van der Waals surface area (Å²) in [6.45, 7) is 1.60. The Hall–Kier alpha value is -1.65. The Morgan fingerprint density at radius 2 is 2.46 bits per heavy atom. The number of nitrogens with zero attached hydrogens (tertiary/aromatic N) is 2. The van der Waals surface area contributed by atoms with Gasteiger partial charge in [0.05, 0.1) is 0 Å². The fraction of sp³-hybridized carbons (Fsp3) is 0.375. The van der Waals surface area contributed by atoms with E-state index < -0.39 is 5.56 Å². The molecule has 0 aromatic carbocycles. The molecule has 5 heteroatoms. The first-order valence-electron chi connectivity index (χ1n) is 4.11. The number of aromatic nitrogens is 2. The first kappa shape index (κ1) is 7.97. The van der Waals surface area contributed by atoms with Crippen molar-refractivity contribution in [3.63, 3.8) is 0 Å². The van der Waals surface area contributed by atoms with Crippen LogP contribution in [0.4, 0.5) is 5.82 Å². The predicted molar refractivity (Wildman–Crippen MR) is 47.0 cm³/mol. The van der Waals surface area contributed by atoms with Gasteiger partial charge in [-0.3, -0.25) is 9.59 Å². The highest BCUT2D eigenvalue weighted by Crippen LogP contribution is 2.13. The van der Waals surface area contributed by atoms with Crippen molar-refractivity contribution in [2.24, 2.45) is 0 Å². The third-order valence-electron chi connectivity index (χ3n) is 2.07. The molecule has 0 amide bonds. The van der Waals surface area contributed by atoms with Gasteiger partial charge < -0.3 is 9.88 Å². The van der Waals surface area contributed by atoms with Crippen LogP contribution in [0.15, 0.2) is 11.1 Å². The standard InChI is InChI=1S/C8H9N3O2/c12-4-6-7-9-2-1-3-11(7)5-10-8(6)13/h4-5,9H,1-3H2. The molecule has 0 saturated heterocycles. The molecule has 0 atom stereocenters. The van der Waals surface area contributed by atoms with Gasteiger partial charge in [-0.25, -0.2) is 0 Å². The molecule has 2 heterocycles. The Balaban J connectivity index is 2.65. The van der Waals surface area contributed by atoms with Crippen LogP contribution in [0.3, 0.4) is 0 Å². The molecular formula is C8H9N3O2. The van der Waals surface area contributed by atoms with Crippen molar-refractivity contribution in [1.29, 1.82) is 0 Å². The molecule has 0 radical (unpaired) electrons. The molecule has 0 bridgehead atoms. The summed E-state index contributed by atoms with van der Waals surface area (Å²) >= 11 is 0. The van der Waals surface area contributed by atoms with Crippen LogP contribution in [0.1, 0.15) is 16.8 Å². The van der Waals surface area contributed by atoms with Crippen molar-refractivity contribution in [2.45, 2.75) is 13.0 Å². The summed E-state index contributed by atoms with van der Waals surface area (Å²) in [6.07, 6.45) is 3.01. The maximum absolute atomic E-state index is 11.1. The minimum Gasteiger partial charge on any atom is -0.371 e. The highest BCUT2D eigenvalue weighted by Gasteiger charge is 2.13. The Morgan fingerprint density at radius 1 is 1.62 bits per heavy atom. The molecule has 1 aromatic rings. The van der Waals surface area contributed by atoms with Crippen LogP contribution in [0.2, 0.25) is 0 Å². The fourth-order valence-electron chi connectivity index (χ4n) is 1.43. The second-order valence-corrected chi connectivity index (χ2v) is 2.90. The lowest BCUT2D eigenvalue weighted by Crippen LogP contribution is -2.26. The molecule has 2 rings (SSSR count). The van der Waals surface area contributed by atoms with Crippen LogP contribution in [-0.2, 0) is 6.54 Å². The number of hydrogen-bond donors (Lipinski definition) is 1. The Labute approximate surface area is 74.4 Å². The summed E-state index contributed by atoms with van der Waals surface area (Å²) < 4.78 is 1.79. The Bertz CT molecular complexity index is 397. The van der Waals surface area contributed by atoms with Gasteiger partial charge in [0.1, 0.15) is 17.7 Å². The Kier molecular flexibility index (Phi) is 1.84. The summed E-state index contributed by atoms with van der Waals surface area (Å²) in [5, 5.41) is 3.01. The number of hydrogen-bond acceptors (Lipinski definition) is 4. The first-order valence-corrected chi connectivity index (χ1v) is 4.11. The monoisotopic (exact) mass is 179 g/mol. The molecule has 0 aliphatic carbocycles. The zero-order chi connectivity index (χ0) is 9.26. The lowest BCUT2D eigenvalue weighted by Gasteiger charge is -2.20. The molecule has 68 valence electrons. The van der Waals surface area contributed by atoms with E-state index in [4.69, 9.17) is 0 Å². The van der Waals surface area contributed by atoms with Crippen molar-refractivity contribution in [1.82, 2.24) is 9.55 Å². The third kappa shape index (κ3) is 1.22. The zero-order valence-corrected chi connectivity index (χ0v) is 6.99. The first-order chi connectivity index (χ1) is 6.33. The summed E-state index contributed by atoms with van der Waals surface area (Å²) in [6, 6.07) is 0. The van der Waals surface area contributed by atoms with Crippen molar-refractivity contribution in [3.05, 3.63) is 22.2 Å². The van der Waals surface area contributed by atoms with Crippen molar-refractivity contribution < 1.29 is 4.79 Å². The van der Waals surface area contributed by atoms with Crippen LogP contribution in [0, 0.1) is 0 Å². The number of nitrogens with one attached hydrogen (secondary N) is 1. The van der Waals surface area contributed by atoms with E-state index >= 15 is 0 Å². The van der Waals surface area contributed by atoms with Gasteiger partial charge in [0.2, 0.25) is 0 Å². The van der Waals surface area contributed by atoms with E-state index in [1.807, 2.05) is 0 Å². The molecule has 0 unspecified atom stereocenters. The van der Waals surface area contributed by atoms with Crippen molar-refractivity contribution in [3.8, 4) is 0 Å². The Morgan fingerprint density at radius 3 is 3.23 bits per heavy atom. The average molecular weight is 179 g/mol. The topological polar surface area (TPSA) is 64.0 Å². The number of aldehydes is 1.